The third kappa shape index (κ3) is 5.44. The SMILES string of the molecule is CCOc1ccc(NCC(=O)NN=Cc2c(Cl)cccc2Cl)cc1. The highest BCUT2D eigenvalue weighted by molar-refractivity contribution is 6.38. The van der Waals surface area contributed by atoms with E-state index in [1.165, 1.54) is 6.21 Å². The first kappa shape index (κ1) is 18.1. The molecule has 2 aromatic carbocycles. The molecule has 5 nitrogen and oxygen atoms in total. The molecule has 0 aromatic heterocycles. The summed E-state index contributed by atoms with van der Waals surface area (Å²) in [6, 6.07) is 12.5. The molecule has 0 saturated carbocycles. The minimum atomic E-state index is -0.289. The molecule has 2 rings (SSSR count). The summed E-state index contributed by atoms with van der Waals surface area (Å²) in [5, 5.41) is 7.78. The quantitative estimate of drug-likeness (QED) is 0.576. The summed E-state index contributed by atoms with van der Waals surface area (Å²) < 4.78 is 5.35. The first-order valence-electron chi connectivity index (χ1n) is 7.32. The largest absolute Gasteiger partial charge is 0.494 e. The number of benzene rings is 2. The lowest BCUT2D eigenvalue weighted by molar-refractivity contribution is -0.119. The van der Waals surface area contributed by atoms with Gasteiger partial charge in [0.25, 0.3) is 5.91 Å². The third-order valence-corrected chi connectivity index (χ3v) is 3.66. The van der Waals surface area contributed by atoms with Crippen LogP contribution in [0.2, 0.25) is 10.0 Å². The molecule has 0 aliphatic heterocycles. The molecule has 0 spiro atoms. The van der Waals surface area contributed by atoms with Gasteiger partial charge in [-0.15, -0.1) is 0 Å². The van der Waals surface area contributed by atoms with Gasteiger partial charge in [0.05, 0.1) is 29.4 Å². The number of rotatable bonds is 7. The Morgan fingerprint density at radius 1 is 1.17 bits per heavy atom. The molecular weight excluding hydrogens is 349 g/mol. The number of anilines is 1. The van der Waals surface area contributed by atoms with E-state index >= 15 is 0 Å². The first-order valence-corrected chi connectivity index (χ1v) is 8.08. The molecule has 7 heteroatoms. The van der Waals surface area contributed by atoms with Crippen LogP contribution in [0.5, 0.6) is 5.75 Å². The van der Waals surface area contributed by atoms with Gasteiger partial charge in [0.1, 0.15) is 5.75 Å². The first-order chi connectivity index (χ1) is 11.6. The fourth-order valence-corrected chi connectivity index (χ4v) is 2.36. The molecular formula is C17H17Cl2N3O2. The Balaban J connectivity index is 1.82. The molecule has 0 bridgehead atoms. The number of hydrogen-bond acceptors (Lipinski definition) is 4. The van der Waals surface area contributed by atoms with Crippen molar-refractivity contribution in [2.45, 2.75) is 6.92 Å². The van der Waals surface area contributed by atoms with Gasteiger partial charge in [-0.25, -0.2) is 5.43 Å². The highest BCUT2D eigenvalue weighted by Crippen LogP contribution is 2.22. The second-order valence-corrected chi connectivity index (χ2v) is 5.55. The normalized spacial score (nSPS) is 10.6. The van der Waals surface area contributed by atoms with Crippen LogP contribution in [-0.2, 0) is 4.79 Å². The molecule has 0 heterocycles. The van der Waals surface area contributed by atoms with Gasteiger partial charge in [0, 0.05) is 11.3 Å². The number of halogens is 2. The summed E-state index contributed by atoms with van der Waals surface area (Å²) in [5.41, 5.74) is 3.78. The van der Waals surface area contributed by atoms with Crippen molar-refractivity contribution in [2.24, 2.45) is 5.10 Å². The monoisotopic (exact) mass is 365 g/mol. The predicted molar refractivity (Wildman–Crippen MR) is 98.3 cm³/mol. The molecule has 2 N–H and O–H groups in total. The number of nitrogens with one attached hydrogen (secondary N) is 2. The topological polar surface area (TPSA) is 62.7 Å². The van der Waals surface area contributed by atoms with Crippen LogP contribution in [-0.4, -0.2) is 25.3 Å². The second kappa shape index (κ2) is 9.15. The van der Waals surface area contributed by atoms with Crippen LogP contribution < -0.4 is 15.5 Å². The average molecular weight is 366 g/mol. The average Bonchev–Trinajstić information content (AvgIpc) is 2.57. The molecule has 0 saturated heterocycles. The second-order valence-electron chi connectivity index (χ2n) is 4.74. The van der Waals surface area contributed by atoms with Crippen LogP contribution in [0.1, 0.15) is 12.5 Å². The van der Waals surface area contributed by atoms with E-state index < -0.39 is 0 Å². The van der Waals surface area contributed by atoms with Gasteiger partial charge in [0.15, 0.2) is 0 Å². The molecule has 0 aliphatic rings. The minimum Gasteiger partial charge on any atom is -0.494 e. The van der Waals surface area contributed by atoms with E-state index in [1.807, 2.05) is 31.2 Å². The van der Waals surface area contributed by atoms with E-state index in [2.05, 4.69) is 15.8 Å². The van der Waals surface area contributed by atoms with E-state index in [9.17, 15) is 4.79 Å². The van der Waals surface area contributed by atoms with Crippen LogP contribution in [0.4, 0.5) is 5.69 Å². The smallest absolute Gasteiger partial charge is 0.259 e. The van der Waals surface area contributed by atoms with Crippen molar-refractivity contribution in [3.05, 3.63) is 58.1 Å². The van der Waals surface area contributed by atoms with Gasteiger partial charge in [-0.05, 0) is 43.3 Å². The van der Waals surface area contributed by atoms with Gasteiger partial charge >= 0.3 is 0 Å². The molecule has 0 unspecified atom stereocenters. The number of amides is 1. The van der Waals surface area contributed by atoms with Gasteiger partial charge in [-0.2, -0.15) is 5.10 Å². The zero-order valence-corrected chi connectivity index (χ0v) is 14.6. The van der Waals surface area contributed by atoms with Crippen LogP contribution in [0.3, 0.4) is 0 Å². The Bertz CT molecular complexity index is 698. The lowest BCUT2D eigenvalue weighted by Gasteiger charge is -2.07. The minimum absolute atomic E-state index is 0.0849. The molecule has 24 heavy (non-hydrogen) atoms. The van der Waals surface area contributed by atoms with E-state index in [-0.39, 0.29) is 12.5 Å². The van der Waals surface area contributed by atoms with Gasteiger partial charge in [-0.3, -0.25) is 4.79 Å². The van der Waals surface area contributed by atoms with Crippen molar-refractivity contribution in [3.63, 3.8) is 0 Å². The fourth-order valence-electron chi connectivity index (χ4n) is 1.86. The third-order valence-electron chi connectivity index (χ3n) is 3.00. The van der Waals surface area contributed by atoms with E-state index in [1.54, 1.807) is 18.2 Å². The Kier molecular flexibility index (Phi) is 6.90. The summed E-state index contributed by atoms with van der Waals surface area (Å²) in [7, 11) is 0. The maximum atomic E-state index is 11.8. The van der Waals surface area contributed by atoms with Crippen LogP contribution >= 0.6 is 23.2 Å². The summed E-state index contributed by atoms with van der Waals surface area (Å²) in [4.78, 5) is 11.8. The number of hydrazone groups is 1. The van der Waals surface area contributed by atoms with Crippen molar-refractivity contribution in [1.82, 2.24) is 5.43 Å². The van der Waals surface area contributed by atoms with Gasteiger partial charge < -0.3 is 10.1 Å². The zero-order chi connectivity index (χ0) is 17.4. The van der Waals surface area contributed by atoms with Crippen molar-refractivity contribution in [1.29, 1.82) is 0 Å². The summed E-state index contributed by atoms with van der Waals surface area (Å²) >= 11 is 12.0. The number of hydrogen-bond donors (Lipinski definition) is 2. The van der Waals surface area contributed by atoms with E-state index in [4.69, 9.17) is 27.9 Å². The van der Waals surface area contributed by atoms with E-state index in [0.29, 0.717) is 22.2 Å². The lowest BCUT2D eigenvalue weighted by Crippen LogP contribution is -2.25. The maximum absolute atomic E-state index is 11.8. The zero-order valence-electron chi connectivity index (χ0n) is 13.1. The van der Waals surface area contributed by atoms with E-state index in [0.717, 1.165) is 11.4 Å². The Labute approximate surface area is 150 Å². The van der Waals surface area contributed by atoms with Crippen molar-refractivity contribution < 1.29 is 9.53 Å². The number of nitrogens with zero attached hydrogens (tertiary/aromatic N) is 1. The van der Waals surface area contributed by atoms with Crippen LogP contribution in [0.15, 0.2) is 47.6 Å². The molecule has 0 atom stereocenters. The number of ether oxygens (including phenoxy) is 1. The fraction of sp³-hybridized carbons (Fsp3) is 0.176. The molecule has 2 aromatic rings. The number of carbonyl (C=O) groups excluding carboxylic acids is 1. The molecule has 1 amide bonds. The predicted octanol–water partition coefficient (Wildman–Crippen LogP) is 3.95. The summed E-state index contributed by atoms with van der Waals surface area (Å²) in [5.74, 6) is 0.497. The van der Waals surface area contributed by atoms with Gasteiger partial charge in [0.2, 0.25) is 0 Å². The maximum Gasteiger partial charge on any atom is 0.259 e. The summed E-state index contributed by atoms with van der Waals surface area (Å²) in [6.07, 6.45) is 1.42. The summed E-state index contributed by atoms with van der Waals surface area (Å²) in [6.45, 7) is 2.62. The number of carbonyl (C=O) groups is 1. The van der Waals surface area contributed by atoms with Crippen LogP contribution in [0.25, 0.3) is 0 Å². The molecule has 0 fully saturated rings. The Morgan fingerprint density at radius 2 is 1.83 bits per heavy atom. The lowest BCUT2D eigenvalue weighted by atomic mass is 10.2. The van der Waals surface area contributed by atoms with Crippen molar-refractivity contribution >= 4 is 41.0 Å². The molecule has 126 valence electrons. The van der Waals surface area contributed by atoms with Crippen molar-refractivity contribution in [3.8, 4) is 5.75 Å². The van der Waals surface area contributed by atoms with Crippen LogP contribution in [0, 0.1) is 0 Å². The Hall–Kier alpha value is -2.24. The standard InChI is InChI=1S/C17H17Cl2N3O2/c1-2-24-13-8-6-12(7-9-13)20-11-17(23)22-21-10-14-15(18)4-3-5-16(14)19/h3-10,20H,2,11H2,1H3,(H,22,23). The molecule has 0 aliphatic carbocycles. The van der Waals surface area contributed by atoms with Gasteiger partial charge in [-0.1, -0.05) is 29.3 Å². The van der Waals surface area contributed by atoms with Crippen molar-refractivity contribution in [2.75, 3.05) is 18.5 Å². The highest BCUT2D eigenvalue weighted by Gasteiger charge is 2.03. The molecule has 0 radical (unpaired) electrons. The Morgan fingerprint density at radius 3 is 2.46 bits per heavy atom. The highest BCUT2D eigenvalue weighted by atomic mass is 35.5.